The first-order valence-corrected chi connectivity index (χ1v) is 6.53. The Hall–Kier alpha value is -1.36. The van der Waals surface area contributed by atoms with Crippen LogP contribution in [0.5, 0.6) is 0 Å². The Bertz CT molecular complexity index is 386. The Labute approximate surface area is 108 Å². The van der Waals surface area contributed by atoms with E-state index in [-0.39, 0.29) is 11.8 Å². The molecule has 1 aromatic rings. The highest BCUT2D eigenvalue weighted by molar-refractivity contribution is 5.96. The van der Waals surface area contributed by atoms with Gasteiger partial charge in [0.2, 0.25) is 0 Å². The van der Waals surface area contributed by atoms with E-state index in [9.17, 15) is 4.79 Å². The molecule has 0 saturated heterocycles. The smallest absolute Gasteiger partial charge is 0.256 e. The van der Waals surface area contributed by atoms with Crippen LogP contribution in [0, 0.1) is 6.92 Å². The Morgan fingerprint density at radius 3 is 2.67 bits per heavy atom. The molecule has 1 rings (SSSR count). The summed E-state index contributed by atoms with van der Waals surface area (Å²) in [6.07, 6.45) is 1.09. The summed E-state index contributed by atoms with van der Waals surface area (Å²) in [5.41, 5.74) is 1.23. The highest BCUT2D eigenvalue weighted by Crippen LogP contribution is 2.21. The number of carbonyl (C=O) groups is 1. The molecule has 0 unspecified atom stereocenters. The van der Waals surface area contributed by atoms with Gasteiger partial charge in [-0.15, -0.1) is 0 Å². The third-order valence-corrected chi connectivity index (χ3v) is 2.65. The van der Waals surface area contributed by atoms with E-state index < -0.39 is 0 Å². The molecule has 1 heterocycles. The zero-order valence-electron chi connectivity index (χ0n) is 11.7. The van der Waals surface area contributed by atoms with Crippen LogP contribution in [0.3, 0.4) is 0 Å². The molecule has 1 aromatic heterocycles. The molecule has 0 bridgehead atoms. The quantitative estimate of drug-likeness (QED) is 0.728. The topological polar surface area (TPSA) is 67.2 Å². The van der Waals surface area contributed by atoms with E-state index in [0.29, 0.717) is 23.6 Å². The summed E-state index contributed by atoms with van der Waals surface area (Å²) in [7, 11) is 0. The molecule has 5 heteroatoms. The van der Waals surface area contributed by atoms with Crippen LogP contribution in [0.25, 0.3) is 0 Å². The Morgan fingerprint density at radius 1 is 1.33 bits per heavy atom. The number of aryl methyl sites for hydroxylation is 1. The third kappa shape index (κ3) is 3.84. The Kier molecular flexibility index (Phi) is 5.85. The third-order valence-electron chi connectivity index (χ3n) is 2.65. The van der Waals surface area contributed by atoms with E-state index in [1.807, 2.05) is 13.8 Å². The Morgan fingerprint density at radius 2 is 2.06 bits per heavy atom. The molecule has 0 fully saturated rings. The second-order valence-electron chi connectivity index (χ2n) is 4.67. The molecular formula is C13H23N3O2. The van der Waals surface area contributed by atoms with Crippen LogP contribution in [0.1, 0.15) is 54.9 Å². The van der Waals surface area contributed by atoms with Crippen molar-refractivity contribution < 1.29 is 9.32 Å². The van der Waals surface area contributed by atoms with E-state index >= 15 is 0 Å². The van der Waals surface area contributed by atoms with Crippen LogP contribution < -0.4 is 10.6 Å². The monoisotopic (exact) mass is 253 g/mol. The fourth-order valence-electron chi connectivity index (χ4n) is 1.71. The second-order valence-corrected chi connectivity index (χ2v) is 4.67. The van der Waals surface area contributed by atoms with Gasteiger partial charge < -0.3 is 15.2 Å². The van der Waals surface area contributed by atoms with Crippen molar-refractivity contribution in [1.29, 1.82) is 0 Å². The summed E-state index contributed by atoms with van der Waals surface area (Å²) in [5.74, 6) is 0.715. The first-order valence-electron chi connectivity index (χ1n) is 6.53. The second kappa shape index (κ2) is 7.16. The molecule has 5 nitrogen and oxygen atoms in total. The SMILES string of the molecule is CCCNCCNC(=O)c1c(C)noc1C(C)C. The number of amides is 1. The van der Waals surface area contributed by atoms with Gasteiger partial charge in [0.05, 0.1) is 5.69 Å². The van der Waals surface area contributed by atoms with E-state index in [4.69, 9.17) is 4.52 Å². The van der Waals surface area contributed by atoms with Gasteiger partial charge in [-0.1, -0.05) is 25.9 Å². The van der Waals surface area contributed by atoms with Crippen molar-refractivity contribution in [3.63, 3.8) is 0 Å². The van der Waals surface area contributed by atoms with Gasteiger partial charge in [0.1, 0.15) is 5.56 Å². The van der Waals surface area contributed by atoms with E-state index in [2.05, 4.69) is 22.7 Å². The van der Waals surface area contributed by atoms with Crippen LogP contribution in [0.15, 0.2) is 4.52 Å². The Balaban J connectivity index is 2.53. The lowest BCUT2D eigenvalue weighted by molar-refractivity contribution is 0.0951. The van der Waals surface area contributed by atoms with E-state index in [1.54, 1.807) is 6.92 Å². The minimum atomic E-state index is -0.101. The molecule has 0 spiro atoms. The minimum Gasteiger partial charge on any atom is -0.360 e. The molecule has 0 saturated carbocycles. The molecule has 0 aliphatic heterocycles. The number of nitrogens with one attached hydrogen (secondary N) is 2. The average Bonchev–Trinajstić information content (AvgIpc) is 2.71. The number of aromatic nitrogens is 1. The highest BCUT2D eigenvalue weighted by atomic mass is 16.5. The number of hydrogen-bond acceptors (Lipinski definition) is 4. The van der Waals surface area contributed by atoms with Gasteiger partial charge in [-0.05, 0) is 19.9 Å². The van der Waals surface area contributed by atoms with Crippen molar-refractivity contribution in [2.45, 2.75) is 40.0 Å². The van der Waals surface area contributed by atoms with Gasteiger partial charge in [-0.25, -0.2) is 0 Å². The maximum absolute atomic E-state index is 12.0. The number of nitrogens with zero attached hydrogens (tertiary/aromatic N) is 1. The van der Waals surface area contributed by atoms with Gasteiger partial charge in [0.15, 0.2) is 5.76 Å². The number of rotatable bonds is 7. The van der Waals surface area contributed by atoms with Crippen molar-refractivity contribution in [2.75, 3.05) is 19.6 Å². The molecule has 0 aliphatic carbocycles. The summed E-state index contributed by atoms with van der Waals surface area (Å²) >= 11 is 0. The van der Waals surface area contributed by atoms with Gasteiger partial charge in [0, 0.05) is 19.0 Å². The molecule has 0 radical (unpaired) electrons. The van der Waals surface area contributed by atoms with E-state index in [0.717, 1.165) is 19.5 Å². The summed E-state index contributed by atoms with van der Waals surface area (Å²) in [6.45, 7) is 10.2. The molecule has 2 N–H and O–H groups in total. The molecule has 1 amide bonds. The molecule has 0 atom stereocenters. The molecule has 0 aliphatic rings. The lowest BCUT2D eigenvalue weighted by Crippen LogP contribution is -2.32. The first kappa shape index (κ1) is 14.7. The van der Waals surface area contributed by atoms with Crippen molar-refractivity contribution in [2.24, 2.45) is 0 Å². The zero-order valence-corrected chi connectivity index (χ0v) is 11.7. The van der Waals surface area contributed by atoms with Gasteiger partial charge >= 0.3 is 0 Å². The van der Waals surface area contributed by atoms with Crippen molar-refractivity contribution in [3.8, 4) is 0 Å². The molecule has 18 heavy (non-hydrogen) atoms. The standard InChI is InChI=1S/C13H23N3O2/c1-5-6-14-7-8-15-13(17)11-10(4)16-18-12(11)9(2)3/h9,14H,5-8H2,1-4H3,(H,15,17). The van der Waals surface area contributed by atoms with Crippen LogP contribution in [-0.2, 0) is 0 Å². The van der Waals surface area contributed by atoms with Crippen LogP contribution in [0.4, 0.5) is 0 Å². The minimum absolute atomic E-state index is 0.101. The van der Waals surface area contributed by atoms with Gasteiger partial charge in [-0.3, -0.25) is 4.79 Å². The number of hydrogen-bond donors (Lipinski definition) is 2. The summed E-state index contributed by atoms with van der Waals surface area (Å²) < 4.78 is 5.20. The fraction of sp³-hybridized carbons (Fsp3) is 0.692. The van der Waals surface area contributed by atoms with Crippen molar-refractivity contribution in [3.05, 3.63) is 17.0 Å². The largest absolute Gasteiger partial charge is 0.360 e. The number of carbonyl (C=O) groups excluding carboxylic acids is 1. The van der Waals surface area contributed by atoms with E-state index in [1.165, 1.54) is 0 Å². The lowest BCUT2D eigenvalue weighted by Gasteiger charge is -2.07. The molecular weight excluding hydrogens is 230 g/mol. The summed E-state index contributed by atoms with van der Waals surface area (Å²) in [5, 5.41) is 9.98. The predicted octanol–water partition coefficient (Wildman–Crippen LogP) is 1.84. The summed E-state index contributed by atoms with van der Waals surface area (Å²) in [6, 6.07) is 0. The van der Waals surface area contributed by atoms with Gasteiger partial charge in [-0.2, -0.15) is 0 Å². The van der Waals surface area contributed by atoms with Gasteiger partial charge in [0.25, 0.3) is 5.91 Å². The van der Waals surface area contributed by atoms with Crippen LogP contribution in [0.2, 0.25) is 0 Å². The maximum Gasteiger partial charge on any atom is 0.256 e. The van der Waals surface area contributed by atoms with Crippen molar-refractivity contribution >= 4 is 5.91 Å². The lowest BCUT2D eigenvalue weighted by atomic mass is 10.0. The van der Waals surface area contributed by atoms with Crippen LogP contribution >= 0.6 is 0 Å². The fourth-order valence-corrected chi connectivity index (χ4v) is 1.71. The normalized spacial score (nSPS) is 10.9. The molecule has 102 valence electrons. The van der Waals surface area contributed by atoms with Crippen molar-refractivity contribution in [1.82, 2.24) is 15.8 Å². The first-order chi connectivity index (χ1) is 8.57. The summed E-state index contributed by atoms with van der Waals surface area (Å²) in [4.78, 5) is 12.0. The molecule has 0 aromatic carbocycles. The predicted molar refractivity (Wildman–Crippen MR) is 70.8 cm³/mol. The average molecular weight is 253 g/mol. The maximum atomic E-state index is 12.0. The highest BCUT2D eigenvalue weighted by Gasteiger charge is 2.21. The zero-order chi connectivity index (χ0) is 13.5. The van der Waals surface area contributed by atoms with Crippen LogP contribution in [-0.4, -0.2) is 30.7 Å².